The van der Waals surface area contributed by atoms with E-state index in [0.717, 1.165) is 19.3 Å². The van der Waals surface area contributed by atoms with E-state index < -0.39 is 0 Å². The van der Waals surface area contributed by atoms with Crippen LogP contribution in [-0.4, -0.2) is 27.9 Å². The second kappa shape index (κ2) is 5.45. The molecule has 1 fully saturated rings. The first kappa shape index (κ1) is 13.6. The third-order valence-electron chi connectivity index (χ3n) is 3.44. The van der Waals surface area contributed by atoms with Gasteiger partial charge < -0.3 is 4.90 Å². The van der Waals surface area contributed by atoms with Crippen molar-refractivity contribution in [3.63, 3.8) is 0 Å². The van der Waals surface area contributed by atoms with Gasteiger partial charge in [0.15, 0.2) is 0 Å². The Morgan fingerprint density at radius 3 is 2.50 bits per heavy atom. The van der Waals surface area contributed by atoms with Crippen molar-refractivity contribution in [2.45, 2.75) is 45.2 Å². The van der Waals surface area contributed by atoms with E-state index in [1.165, 1.54) is 0 Å². The number of hydrogen-bond donors (Lipinski definition) is 0. The van der Waals surface area contributed by atoms with E-state index in [9.17, 15) is 4.79 Å². The van der Waals surface area contributed by atoms with Gasteiger partial charge in [-0.2, -0.15) is 0 Å². The van der Waals surface area contributed by atoms with Crippen LogP contribution in [0, 0.1) is 0 Å². The van der Waals surface area contributed by atoms with E-state index in [1.54, 1.807) is 12.1 Å². The summed E-state index contributed by atoms with van der Waals surface area (Å²) >= 11 is 11.9. The second-order valence-corrected chi connectivity index (χ2v) is 5.60. The van der Waals surface area contributed by atoms with Crippen molar-refractivity contribution in [3.05, 3.63) is 28.0 Å². The summed E-state index contributed by atoms with van der Waals surface area (Å²) in [7, 11) is 0. The molecule has 18 heavy (non-hydrogen) atoms. The molecule has 5 heteroatoms. The fourth-order valence-electron chi connectivity index (χ4n) is 2.51. The van der Waals surface area contributed by atoms with Crippen LogP contribution in [0.5, 0.6) is 0 Å². The Kier molecular flexibility index (Phi) is 4.13. The molecule has 0 aliphatic carbocycles. The van der Waals surface area contributed by atoms with Crippen LogP contribution >= 0.6 is 23.2 Å². The summed E-state index contributed by atoms with van der Waals surface area (Å²) in [5, 5.41) is 0.648. The molecule has 2 rings (SSSR count). The molecule has 1 aromatic rings. The minimum atomic E-state index is -0.123. The number of amides is 1. The number of rotatable bonds is 1. The van der Waals surface area contributed by atoms with Crippen LogP contribution in [0.2, 0.25) is 10.2 Å². The van der Waals surface area contributed by atoms with Gasteiger partial charge in [0.05, 0.1) is 5.02 Å². The zero-order chi connectivity index (χ0) is 13.3. The number of piperidine rings is 1. The van der Waals surface area contributed by atoms with Crippen molar-refractivity contribution in [2.24, 2.45) is 0 Å². The molecule has 0 radical (unpaired) electrons. The minimum Gasteiger partial charge on any atom is -0.332 e. The summed E-state index contributed by atoms with van der Waals surface area (Å²) in [6, 6.07) is 3.64. The third-order valence-corrected chi connectivity index (χ3v) is 3.96. The first-order valence-electron chi connectivity index (χ1n) is 6.15. The summed E-state index contributed by atoms with van der Waals surface area (Å²) in [5.74, 6) is -0.123. The number of carbonyl (C=O) groups excluding carboxylic acids is 1. The van der Waals surface area contributed by atoms with Crippen molar-refractivity contribution in [3.8, 4) is 0 Å². The van der Waals surface area contributed by atoms with Crippen LogP contribution in [0.4, 0.5) is 0 Å². The Bertz CT molecular complexity index is 454. The first-order chi connectivity index (χ1) is 8.50. The maximum Gasteiger partial charge on any atom is 0.274 e. The molecule has 0 aromatic carbocycles. The number of nitrogens with zero attached hydrogens (tertiary/aromatic N) is 2. The van der Waals surface area contributed by atoms with Gasteiger partial charge in [-0.25, -0.2) is 4.98 Å². The van der Waals surface area contributed by atoms with Crippen molar-refractivity contribution < 1.29 is 4.79 Å². The average molecular weight is 287 g/mol. The Morgan fingerprint density at radius 2 is 1.89 bits per heavy atom. The standard InChI is InChI=1S/C13H16Cl2N2O/c1-8-4-3-5-9(2)17(8)13(18)12-10(14)6-7-11(15)16-12/h6-9H,3-5H2,1-2H3. The third kappa shape index (κ3) is 2.62. The molecule has 0 N–H and O–H groups in total. The molecule has 2 heterocycles. The minimum absolute atomic E-state index is 0.123. The predicted molar refractivity (Wildman–Crippen MR) is 73.2 cm³/mol. The number of likely N-dealkylation sites (tertiary alicyclic amines) is 1. The lowest BCUT2D eigenvalue weighted by molar-refractivity contribution is 0.0505. The van der Waals surface area contributed by atoms with E-state index in [1.807, 2.05) is 4.90 Å². The zero-order valence-corrected chi connectivity index (χ0v) is 12.0. The number of carbonyl (C=O) groups is 1. The predicted octanol–water partition coefficient (Wildman–Crippen LogP) is 3.79. The smallest absolute Gasteiger partial charge is 0.274 e. The Balaban J connectivity index is 2.32. The quantitative estimate of drug-likeness (QED) is 0.736. The van der Waals surface area contributed by atoms with Gasteiger partial charge in [0.1, 0.15) is 10.8 Å². The normalized spacial score (nSPS) is 24.1. The number of aromatic nitrogens is 1. The van der Waals surface area contributed by atoms with Crippen LogP contribution in [0.3, 0.4) is 0 Å². The molecular weight excluding hydrogens is 271 g/mol. The van der Waals surface area contributed by atoms with Gasteiger partial charge in [-0.3, -0.25) is 4.79 Å². The monoisotopic (exact) mass is 286 g/mol. The van der Waals surface area contributed by atoms with Gasteiger partial charge in [0.25, 0.3) is 5.91 Å². The maximum atomic E-state index is 12.5. The van der Waals surface area contributed by atoms with E-state index in [-0.39, 0.29) is 23.7 Å². The molecule has 2 unspecified atom stereocenters. The van der Waals surface area contributed by atoms with Crippen molar-refractivity contribution >= 4 is 29.1 Å². The summed E-state index contributed by atoms with van der Waals surface area (Å²) < 4.78 is 0. The lowest BCUT2D eigenvalue weighted by Crippen LogP contribution is -2.47. The topological polar surface area (TPSA) is 33.2 Å². The summed E-state index contributed by atoms with van der Waals surface area (Å²) in [6.45, 7) is 4.12. The molecule has 0 bridgehead atoms. The molecule has 1 saturated heterocycles. The highest BCUT2D eigenvalue weighted by atomic mass is 35.5. The Hall–Kier alpha value is -0.800. The average Bonchev–Trinajstić information content (AvgIpc) is 2.32. The van der Waals surface area contributed by atoms with Crippen molar-refractivity contribution in [2.75, 3.05) is 0 Å². The molecule has 2 atom stereocenters. The highest BCUT2D eigenvalue weighted by Crippen LogP contribution is 2.26. The number of hydrogen-bond acceptors (Lipinski definition) is 2. The summed E-state index contributed by atoms with van der Waals surface area (Å²) in [6.07, 6.45) is 3.20. The zero-order valence-electron chi connectivity index (χ0n) is 10.5. The van der Waals surface area contributed by atoms with E-state index in [2.05, 4.69) is 18.8 Å². The molecular formula is C13H16Cl2N2O. The first-order valence-corrected chi connectivity index (χ1v) is 6.91. The van der Waals surface area contributed by atoms with Gasteiger partial charge >= 0.3 is 0 Å². The molecule has 1 aliphatic heterocycles. The van der Waals surface area contributed by atoms with Crippen LogP contribution in [0.25, 0.3) is 0 Å². The maximum absolute atomic E-state index is 12.5. The van der Waals surface area contributed by atoms with Crippen molar-refractivity contribution in [1.82, 2.24) is 9.88 Å². The fourth-order valence-corrected chi connectivity index (χ4v) is 2.85. The van der Waals surface area contributed by atoms with Gasteiger partial charge in [-0.15, -0.1) is 0 Å². The number of pyridine rings is 1. The van der Waals surface area contributed by atoms with E-state index in [4.69, 9.17) is 23.2 Å². The van der Waals surface area contributed by atoms with Crippen LogP contribution in [0.15, 0.2) is 12.1 Å². The highest BCUT2D eigenvalue weighted by Gasteiger charge is 2.31. The van der Waals surface area contributed by atoms with Crippen LogP contribution < -0.4 is 0 Å². The summed E-state index contributed by atoms with van der Waals surface area (Å²) in [4.78, 5) is 18.4. The molecule has 98 valence electrons. The van der Waals surface area contributed by atoms with Crippen LogP contribution in [0.1, 0.15) is 43.6 Å². The van der Waals surface area contributed by atoms with Crippen molar-refractivity contribution in [1.29, 1.82) is 0 Å². The Morgan fingerprint density at radius 1 is 1.28 bits per heavy atom. The molecule has 3 nitrogen and oxygen atoms in total. The van der Waals surface area contributed by atoms with Gasteiger partial charge in [-0.05, 0) is 45.2 Å². The lowest BCUT2D eigenvalue weighted by atomic mass is 9.97. The molecule has 0 spiro atoms. The van der Waals surface area contributed by atoms with Crippen LogP contribution in [-0.2, 0) is 0 Å². The van der Waals surface area contributed by atoms with Gasteiger partial charge in [-0.1, -0.05) is 23.2 Å². The molecule has 1 aromatic heterocycles. The highest BCUT2D eigenvalue weighted by molar-refractivity contribution is 6.34. The fraction of sp³-hybridized carbons (Fsp3) is 0.538. The Labute approximate surface area is 117 Å². The van der Waals surface area contributed by atoms with Gasteiger partial charge in [0.2, 0.25) is 0 Å². The molecule has 1 amide bonds. The lowest BCUT2D eigenvalue weighted by Gasteiger charge is -2.38. The second-order valence-electron chi connectivity index (χ2n) is 4.81. The van der Waals surface area contributed by atoms with E-state index >= 15 is 0 Å². The SMILES string of the molecule is CC1CCCC(C)N1C(=O)c1nc(Cl)ccc1Cl. The largest absolute Gasteiger partial charge is 0.332 e. The summed E-state index contributed by atoms with van der Waals surface area (Å²) in [5.41, 5.74) is 0.254. The van der Waals surface area contributed by atoms with E-state index in [0.29, 0.717) is 10.2 Å². The number of halogens is 2. The molecule has 1 aliphatic rings. The molecule has 0 saturated carbocycles. The van der Waals surface area contributed by atoms with Gasteiger partial charge in [0, 0.05) is 12.1 Å².